The number of aromatic hydroxyl groups is 1. The molecular formula is C63H61N3O. The third-order valence-corrected chi connectivity index (χ3v) is 14.2. The molecule has 0 spiro atoms. The molecule has 0 amide bonds. The highest BCUT2D eigenvalue weighted by atomic mass is 16.3. The molecule has 0 aliphatic heterocycles. The Morgan fingerprint density at radius 2 is 1.16 bits per heavy atom. The highest BCUT2D eigenvalue weighted by Gasteiger charge is 2.51. The number of phenolic OH excluding ortho intramolecular Hbond substituents is 1. The molecule has 1 unspecified atom stereocenters. The SMILES string of the molecule is [2H]C1(c2ccccc2)C(C)(C)c2ccc(-c3ccnc(-c4cc(-c5cccc6c5nc(-c5ccc(C(C)(C)C)cc5O)n6-c5ccccc5-c5ccccc5)cc(C(C)(C)C)c4)c3)cc2C1(C)C. The Morgan fingerprint density at radius 1 is 0.522 bits per heavy atom. The van der Waals surface area contributed by atoms with Gasteiger partial charge in [0.25, 0.3) is 0 Å². The second-order valence-electron chi connectivity index (χ2n) is 21.5. The average Bonchev–Trinajstić information content (AvgIpc) is 3.77. The van der Waals surface area contributed by atoms with Crippen LogP contribution in [0.2, 0.25) is 0 Å². The number of hydrogen-bond acceptors (Lipinski definition) is 3. The lowest BCUT2D eigenvalue weighted by Gasteiger charge is -2.36. The van der Waals surface area contributed by atoms with Crippen LogP contribution in [-0.4, -0.2) is 19.6 Å². The molecule has 7 aromatic carbocycles. The minimum atomic E-state index is -0.864. The number of pyridine rings is 1. The van der Waals surface area contributed by atoms with Crippen LogP contribution in [0.3, 0.4) is 0 Å². The van der Waals surface area contributed by atoms with E-state index in [2.05, 4.69) is 219 Å². The van der Waals surface area contributed by atoms with E-state index >= 15 is 0 Å². The maximum atomic E-state index is 11.9. The number of imidazole rings is 1. The molecule has 67 heavy (non-hydrogen) atoms. The van der Waals surface area contributed by atoms with E-state index in [1.165, 1.54) is 16.7 Å². The Labute approximate surface area is 398 Å². The number of nitrogens with zero attached hydrogens (tertiary/aromatic N) is 3. The minimum absolute atomic E-state index is 0.138. The molecule has 9 aromatic rings. The van der Waals surface area contributed by atoms with Gasteiger partial charge in [0.2, 0.25) is 0 Å². The smallest absolute Gasteiger partial charge is 0.149 e. The summed E-state index contributed by atoms with van der Waals surface area (Å²) >= 11 is 0. The number of aromatic nitrogens is 3. The molecule has 1 aliphatic carbocycles. The first-order valence-corrected chi connectivity index (χ1v) is 23.6. The summed E-state index contributed by atoms with van der Waals surface area (Å²) in [6, 6.07) is 59.7. The monoisotopic (exact) mass is 876 g/mol. The van der Waals surface area contributed by atoms with Crippen molar-refractivity contribution in [2.24, 2.45) is 0 Å². The predicted octanol–water partition coefficient (Wildman–Crippen LogP) is 16.4. The highest BCUT2D eigenvalue weighted by Crippen LogP contribution is 2.59. The van der Waals surface area contributed by atoms with E-state index in [0.29, 0.717) is 11.4 Å². The third-order valence-electron chi connectivity index (χ3n) is 14.2. The Bertz CT molecular complexity index is 3390. The van der Waals surface area contributed by atoms with E-state index in [-0.39, 0.29) is 16.6 Å². The van der Waals surface area contributed by atoms with Crippen molar-refractivity contribution in [3.8, 4) is 67.5 Å². The van der Waals surface area contributed by atoms with Crippen molar-refractivity contribution in [2.45, 2.75) is 96.8 Å². The van der Waals surface area contributed by atoms with Crippen molar-refractivity contribution in [3.05, 3.63) is 204 Å². The average molecular weight is 877 g/mol. The summed E-state index contributed by atoms with van der Waals surface area (Å²) in [5.74, 6) is 0.00138. The first kappa shape index (κ1) is 42.6. The van der Waals surface area contributed by atoms with E-state index in [9.17, 15) is 6.48 Å². The molecule has 4 heteroatoms. The molecule has 4 nitrogen and oxygen atoms in total. The van der Waals surface area contributed by atoms with Crippen LogP contribution >= 0.6 is 0 Å². The van der Waals surface area contributed by atoms with Gasteiger partial charge in [-0.1, -0.05) is 191 Å². The number of fused-ring (bicyclic) bond motifs is 2. The second kappa shape index (κ2) is 16.1. The van der Waals surface area contributed by atoms with Gasteiger partial charge in [-0.3, -0.25) is 9.55 Å². The lowest BCUT2D eigenvalue weighted by Crippen LogP contribution is -2.31. The fourth-order valence-corrected chi connectivity index (χ4v) is 10.8. The van der Waals surface area contributed by atoms with Crippen molar-refractivity contribution in [1.82, 2.24) is 14.5 Å². The minimum Gasteiger partial charge on any atom is -0.507 e. The van der Waals surface area contributed by atoms with E-state index in [4.69, 9.17) is 9.97 Å². The topological polar surface area (TPSA) is 50.9 Å². The van der Waals surface area contributed by atoms with Gasteiger partial charge in [-0.2, -0.15) is 0 Å². The van der Waals surface area contributed by atoms with Crippen molar-refractivity contribution < 1.29 is 6.48 Å². The Balaban J connectivity index is 1.13. The second-order valence-corrected chi connectivity index (χ2v) is 21.5. The van der Waals surface area contributed by atoms with Crippen LogP contribution in [0, 0.1) is 0 Å². The number of benzene rings is 7. The lowest BCUT2D eigenvalue weighted by atomic mass is 9.67. The maximum Gasteiger partial charge on any atom is 0.149 e. The van der Waals surface area contributed by atoms with Gasteiger partial charge in [0.1, 0.15) is 11.6 Å². The number of rotatable bonds is 7. The van der Waals surface area contributed by atoms with Crippen molar-refractivity contribution in [1.29, 1.82) is 0 Å². The van der Waals surface area contributed by atoms with Gasteiger partial charge in [-0.25, -0.2) is 4.98 Å². The van der Waals surface area contributed by atoms with Crippen LogP contribution in [0.15, 0.2) is 176 Å². The zero-order chi connectivity index (χ0) is 48.0. The van der Waals surface area contributed by atoms with Gasteiger partial charge in [0.15, 0.2) is 0 Å². The van der Waals surface area contributed by atoms with Crippen LogP contribution in [-0.2, 0) is 21.7 Å². The molecule has 10 rings (SSSR count). The Kier molecular flexibility index (Phi) is 10.2. The van der Waals surface area contributed by atoms with Crippen LogP contribution in [0.4, 0.5) is 0 Å². The van der Waals surface area contributed by atoms with Gasteiger partial charge in [-0.05, 0) is 120 Å². The maximum absolute atomic E-state index is 11.9. The van der Waals surface area contributed by atoms with Gasteiger partial charge in [0, 0.05) is 30.2 Å². The molecule has 0 bridgehead atoms. The molecule has 334 valence electrons. The highest BCUT2D eigenvalue weighted by molar-refractivity contribution is 5.97. The summed E-state index contributed by atoms with van der Waals surface area (Å²) in [5, 5.41) is 11.9. The van der Waals surface area contributed by atoms with E-state index in [0.717, 1.165) is 72.5 Å². The van der Waals surface area contributed by atoms with Crippen LogP contribution in [0.1, 0.15) is 104 Å². The first-order chi connectivity index (χ1) is 32.3. The number of hydrogen-bond donors (Lipinski definition) is 1. The van der Waals surface area contributed by atoms with E-state index in [1.807, 2.05) is 30.5 Å². The lowest BCUT2D eigenvalue weighted by molar-refractivity contribution is 0.330. The van der Waals surface area contributed by atoms with Crippen molar-refractivity contribution in [3.63, 3.8) is 0 Å². The van der Waals surface area contributed by atoms with Crippen LogP contribution in [0.5, 0.6) is 5.75 Å². The molecule has 1 atom stereocenters. The standard InChI is InChI=1S/C63H61N3O/c1-60(2,3)46-29-30-50(56(67)39-46)59-65-57-49(25-19-27-55(57)66(59)54-26-18-17-24-48(54)40-20-13-11-14-21-40)44-34-45(36-47(35-44)61(4,5)6)53-38-43(32-33-64-53)42-28-31-51-52(37-42)63(9,10)58(62(51,7)8)41-22-15-12-16-23-41/h11-39,58,67H,1-10H3/i58D. The van der Waals surface area contributed by atoms with Gasteiger partial charge in [0.05, 0.1) is 28.0 Å². The first-order valence-electron chi connectivity index (χ1n) is 24.1. The summed E-state index contributed by atoms with van der Waals surface area (Å²) < 4.78 is 12.4. The van der Waals surface area contributed by atoms with Gasteiger partial charge < -0.3 is 5.11 Å². The molecule has 2 heterocycles. The zero-order valence-corrected chi connectivity index (χ0v) is 40.5. The van der Waals surface area contributed by atoms with Gasteiger partial charge in [-0.15, -0.1) is 0 Å². The number of phenols is 1. The Hall–Kier alpha value is -7.04. The predicted molar refractivity (Wildman–Crippen MR) is 280 cm³/mol. The fraction of sp³-hybridized carbons (Fsp3) is 0.238. The van der Waals surface area contributed by atoms with Crippen LogP contribution < -0.4 is 0 Å². The van der Waals surface area contributed by atoms with Crippen molar-refractivity contribution >= 4 is 11.0 Å². The summed E-state index contributed by atoms with van der Waals surface area (Å²) in [6.45, 7) is 22.2. The molecule has 0 fully saturated rings. The quantitative estimate of drug-likeness (QED) is 0.174. The third kappa shape index (κ3) is 7.67. The van der Waals surface area contributed by atoms with E-state index in [1.54, 1.807) is 0 Å². The molecule has 1 aliphatic rings. The zero-order valence-electron chi connectivity index (χ0n) is 41.5. The fourth-order valence-electron chi connectivity index (χ4n) is 10.8. The largest absolute Gasteiger partial charge is 0.507 e. The summed E-state index contributed by atoms with van der Waals surface area (Å²) in [5.41, 5.74) is 16.3. The molecule has 2 aromatic heterocycles. The summed E-state index contributed by atoms with van der Waals surface area (Å²) in [6.07, 6.45) is 1.92. The van der Waals surface area contributed by atoms with Gasteiger partial charge >= 0.3 is 0 Å². The van der Waals surface area contributed by atoms with Crippen LogP contribution in [0.25, 0.3) is 72.7 Å². The molecule has 1 N–H and O–H groups in total. The normalized spacial score (nSPS) is 16.8. The Morgan fingerprint density at radius 3 is 1.88 bits per heavy atom. The van der Waals surface area contributed by atoms with Crippen molar-refractivity contribution in [2.75, 3.05) is 0 Å². The summed E-state index contributed by atoms with van der Waals surface area (Å²) in [4.78, 5) is 10.6. The molecule has 0 radical (unpaired) electrons. The molecular weight excluding hydrogens is 815 g/mol. The molecule has 0 saturated carbocycles. The van der Waals surface area contributed by atoms with E-state index < -0.39 is 16.7 Å². The molecule has 0 saturated heterocycles. The summed E-state index contributed by atoms with van der Waals surface area (Å²) in [7, 11) is 0. The number of para-hydroxylation sites is 2.